The second kappa shape index (κ2) is 6.46. The summed E-state index contributed by atoms with van der Waals surface area (Å²) in [5.41, 5.74) is 1.79. The Morgan fingerprint density at radius 1 is 1.23 bits per heavy atom. The first-order valence-electron chi connectivity index (χ1n) is 7.34. The van der Waals surface area contributed by atoms with Crippen LogP contribution in [-0.4, -0.2) is 54.2 Å². The molecule has 0 radical (unpaired) electrons. The van der Waals surface area contributed by atoms with E-state index in [1.807, 2.05) is 30.3 Å². The van der Waals surface area contributed by atoms with Crippen LogP contribution in [0, 0.1) is 0 Å². The molecule has 1 fully saturated rings. The van der Waals surface area contributed by atoms with E-state index in [0.29, 0.717) is 0 Å². The van der Waals surface area contributed by atoms with E-state index in [-0.39, 0.29) is 6.42 Å². The molecule has 22 heavy (non-hydrogen) atoms. The number of hydrogen-bond donors (Lipinski definition) is 1. The molecular formula is C16H19N3O2S. The van der Waals surface area contributed by atoms with Crippen molar-refractivity contribution in [2.45, 2.75) is 6.42 Å². The molecule has 0 aliphatic carbocycles. The van der Waals surface area contributed by atoms with Crippen molar-refractivity contribution in [1.29, 1.82) is 0 Å². The molecule has 116 valence electrons. The van der Waals surface area contributed by atoms with Crippen molar-refractivity contribution in [3.8, 4) is 11.3 Å². The number of carbonyl (C=O) groups is 1. The zero-order valence-electron chi connectivity index (χ0n) is 12.5. The number of nitrogens with zero attached hydrogens (tertiary/aromatic N) is 3. The van der Waals surface area contributed by atoms with Gasteiger partial charge >= 0.3 is 5.97 Å². The fourth-order valence-electron chi connectivity index (χ4n) is 2.55. The van der Waals surface area contributed by atoms with Gasteiger partial charge in [-0.25, -0.2) is 4.98 Å². The molecule has 0 saturated carbocycles. The molecule has 0 atom stereocenters. The summed E-state index contributed by atoms with van der Waals surface area (Å²) >= 11 is 1.51. The first kappa shape index (κ1) is 15.0. The van der Waals surface area contributed by atoms with Crippen LogP contribution in [0.1, 0.15) is 4.88 Å². The van der Waals surface area contributed by atoms with Crippen LogP contribution in [-0.2, 0) is 11.2 Å². The lowest BCUT2D eigenvalue weighted by atomic mass is 10.1. The Balaban J connectivity index is 1.92. The van der Waals surface area contributed by atoms with Gasteiger partial charge in [0.1, 0.15) is 0 Å². The van der Waals surface area contributed by atoms with Crippen molar-refractivity contribution in [2.75, 3.05) is 38.1 Å². The fraction of sp³-hybridized carbons (Fsp3) is 0.375. The van der Waals surface area contributed by atoms with Gasteiger partial charge in [-0.05, 0) is 7.05 Å². The smallest absolute Gasteiger partial charge is 0.308 e. The third kappa shape index (κ3) is 3.28. The van der Waals surface area contributed by atoms with E-state index in [1.165, 1.54) is 11.3 Å². The van der Waals surface area contributed by atoms with Crippen LogP contribution in [0.3, 0.4) is 0 Å². The lowest BCUT2D eigenvalue weighted by Gasteiger charge is -2.32. The molecule has 5 nitrogen and oxygen atoms in total. The van der Waals surface area contributed by atoms with Crippen molar-refractivity contribution in [3.63, 3.8) is 0 Å². The van der Waals surface area contributed by atoms with Crippen molar-refractivity contribution < 1.29 is 9.90 Å². The number of thiazole rings is 1. The summed E-state index contributed by atoms with van der Waals surface area (Å²) in [7, 11) is 2.12. The second-order valence-corrected chi connectivity index (χ2v) is 6.56. The number of aromatic nitrogens is 1. The minimum Gasteiger partial charge on any atom is -0.481 e. The summed E-state index contributed by atoms with van der Waals surface area (Å²) in [5.74, 6) is -0.814. The van der Waals surface area contributed by atoms with Gasteiger partial charge in [0.2, 0.25) is 0 Å². The van der Waals surface area contributed by atoms with Gasteiger partial charge in [0, 0.05) is 36.6 Å². The molecule has 1 aliphatic heterocycles. The Morgan fingerprint density at radius 3 is 2.55 bits per heavy atom. The number of rotatable bonds is 4. The summed E-state index contributed by atoms with van der Waals surface area (Å²) in [6.07, 6.45) is 0.0234. The molecule has 2 heterocycles. The van der Waals surface area contributed by atoms with Gasteiger partial charge in [-0.15, -0.1) is 11.3 Å². The minimum absolute atomic E-state index is 0.0234. The Kier molecular flexibility index (Phi) is 4.40. The Labute approximate surface area is 133 Å². The molecule has 1 aliphatic rings. The van der Waals surface area contributed by atoms with Crippen LogP contribution in [0.2, 0.25) is 0 Å². The lowest BCUT2D eigenvalue weighted by Crippen LogP contribution is -2.44. The number of anilines is 1. The molecule has 0 bridgehead atoms. The highest BCUT2D eigenvalue weighted by Crippen LogP contribution is 2.33. The molecule has 1 saturated heterocycles. The highest BCUT2D eigenvalue weighted by Gasteiger charge is 2.21. The highest BCUT2D eigenvalue weighted by atomic mass is 32.1. The van der Waals surface area contributed by atoms with Gasteiger partial charge in [-0.1, -0.05) is 30.3 Å². The lowest BCUT2D eigenvalue weighted by molar-refractivity contribution is -0.136. The van der Waals surface area contributed by atoms with Gasteiger partial charge in [0.15, 0.2) is 5.13 Å². The van der Waals surface area contributed by atoms with E-state index in [0.717, 1.165) is 47.4 Å². The summed E-state index contributed by atoms with van der Waals surface area (Å²) in [6, 6.07) is 9.82. The Hall–Kier alpha value is -1.92. The second-order valence-electron chi connectivity index (χ2n) is 5.50. The minimum atomic E-state index is -0.814. The van der Waals surface area contributed by atoms with E-state index in [1.54, 1.807) is 0 Å². The average molecular weight is 317 g/mol. The quantitative estimate of drug-likeness (QED) is 0.937. The molecular weight excluding hydrogens is 298 g/mol. The summed E-state index contributed by atoms with van der Waals surface area (Å²) < 4.78 is 0. The van der Waals surface area contributed by atoms with Crippen LogP contribution in [0.4, 0.5) is 5.13 Å². The maximum Gasteiger partial charge on any atom is 0.308 e. The number of piperazine rings is 1. The predicted octanol–water partition coefficient (Wildman–Crippen LogP) is 2.19. The number of carboxylic acid groups (broad SMARTS) is 1. The molecule has 0 spiro atoms. The van der Waals surface area contributed by atoms with E-state index in [4.69, 9.17) is 10.1 Å². The molecule has 0 unspecified atom stereocenters. The van der Waals surface area contributed by atoms with Crippen molar-refractivity contribution in [1.82, 2.24) is 9.88 Å². The molecule has 1 aromatic carbocycles. The molecule has 0 amide bonds. The summed E-state index contributed by atoms with van der Waals surface area (Å²) in [6.45, 7) is 3.89. The van der Waals surface area contributed by atoms with E-state index in [2.05, 4.69) is 16.8 Å². The summed E-state index contributed by atoms with van der Waals surface area (Å²) in [5, 5.41) is 10.1. The molecule has 6 heteroatoms. The van der Waals surface area contributed by atoms with Crippen molar-refractivity contribution in [3.05, 3.63) is 35.2 Å². The largest absolute Gasteiger partial charge is 0.481 e. The number of likely N-dealkylation sites (N-methyl/N-ethyl adjacent to an activating group) is 1. The van der Waals surface area contributed by atoms with E-state index >= 15 is 0 Å². The van der Waals surface area contributed by atoms with Crippen molar-refractivity contribution in [2.24, 2.45) is 0 Å². The number of carboxylic acids is 1. The summed E-state index contributed by atoms with van der Waals surface area (Å²) in [4.78, 5) is 21.3. The van der Waals surface area contributed by atoms with Crippen LogP contribution >= 0.6 is 11.3 Å². The normalized spacial score (nSPS) is 16.0. The zero-order chi connectivity index (χ0) is 15.5. The fourth-order valence-corrected chi connectivity index (χ4v) is 3.68. The van der Waals surface area contributed by atoms with Gasteiger partial charge in [-0.3, -0.25) is 4.79 Å². The Morgan fingerprint density at radius 2 is 1.91 bits per heavy atom. The Bertz CT molecular complexity index is 649. The third-order valence-corrected chi connectivity index (χ3v) is 4.94. The van der Waals surface area contributed by atoms with Crippen LogP contribution < -0.4 is 4.90 Å². The highest BCUT2D eigenvalue weighted by molar-refractivity contribution is 7.16. The van der Waals surface area contributed by atoms with Crippen LogP contribution in [0.15, 0.2) is 30.3 Å². The SMILES string of the molecule is CN1CCN(c2nc(-c3ccccc3)c(CC(=O)O)s2)CC1. The molecule has 1 N–H and O–H groups in total. The van der Waals surface area contributed by atoms with Crippen LogP contribution in [0.25, 0.3) is 11.3 Å². The van der Waals surface area contributed by atoms with E-state index in [9.17, 15) is 4.79 Å². The topological polar surface area (TPSA) is 56.7 Å². The number of hydrogen-bond acceptors (Lipinski definition) is 5. The zero-order valence-corrected chi connectivity index (χ0v) is 13.3. The average Bonchev–Trinajstić information content (AvgIpc) is 2.92. The van der Waals surface area contributed by atoms with Gasteiger partial charge in [0.25, 0.3) is 0 Å². The van der Waals surface area contributed by atoms with Crippen molar-refractivity contribution >= 4 is 22.4 Å². The monoisotopic (exact) mass is 317 g/mol. The molecule has 1 aromatic heterocycles. The number of benzene rings is 1. The van der Waals surface area contributed by atoms with Gasteiger partial charge in [-0.2, -0.15) is 0 Å². The first-order chi connectivity index (χ1) is 10.6. The molecule has 3 rings (SSSR count). The predicted molar refractivity (Wildman–Crippen MR) is 88.6 cm³/mol. The van der Waals surface area contributed by atoms with Gasteiger partial charge < -0.3 is 14.9 Å². The standard InChI is InChI=1S/C16H19N3O2S/c1-18-7-9-19(10-8-18)16-17-15(12-5-3-2-4-6-12)13(22-16)11-14(20)21/h2-6H,7-11H2,1H3,(H,20,21). The van der Waals surface area contributed by atoms with E-state index < -0.39 is 5.97 Å². The van der Waals surface area contributed by atoms with Gasteiger partial charge in [0.05, 0.1) is 12.1 Å². The third-order valence-electron chi connectivity index (χ3n) is 3.82. The molecule has 2 aromatic rings. The number of aliphatic carboxylic acids is 1. The first-order valence-corrected chi connectivity index (χ1v) is 8.15. The maximum atomic E-state index is 11.1. The van der Waals surface area contributed by atoms with Crippen LogP contribution in [0.5, 0.6) is 0 Å². The maximum absolute atomic E-state index is 11.1.